The standard InChI is InChI=1S/C15H25N3O.HI/c1-4-5-12-19-14-8-6-13(7-9-14)10-11-18-15(16-2)17-3;/h6-9H,4-5,10-12H2,1-3H3,(H2,16,17,18);1H. The van der Waals surface area contributed by atoms with Crippen molar-refractivity contribution in [2.75, 3.05) is 27.2 Å². The van der Waals surface area contributed by atoms with Crippen LogP contribution in [0.5, 0.6) is 5.75 Å². The Morgan fingerprint density at radius 2 is 1.95 bits per heavy atom. The van der Waals surface area contributed by atoms with E-state index in [-0.39, 0.29) is 24.0 Å². The lowest BCUT2D eigenvalue weighted by molar-refractivity contribution is 0.309. The summed E-state index contributed by atoms with van der Waals surface area (Å²) in [6, 6.07) is 8.31. The molecule has 1 aromatic carbocycles. The number of rotatable bonds is 7. The summed E-state index contributed by atoms with van der Waals surface area (Å²) >= 11 is 0. The number of hydrogen-bond donors (Lipinski definition) is 2. The number of hydrogen-bond acceptors (Lipinski definition) is 2. The fourth-order valence-electron chi connectivity index (χ4n) is 1.69. The highest BCUT2D eigenvalue weighted by atomic mass is 127. The first-order valence-electron chi connectivity index (χ1n) is 6.90. The van der Waals surface area contributed by atoms with Crippen LogP contribution in [-0.4, -0.2) is 33.2 Å². The van der Waals surface area contributed by atoms with Gasteiger partial charge in [0.25, 0.3) is 0 Å². The molecule has 4 nitrogen and oxygen atoms in total. The Kier molecular flexibility index (Phi) is 11.2. The molecule has 0 amide bonds. The summed E-state index contributed by atoms with van der Waals surface area (Å²) in [4.78, 5) is 4.07. The van der Waals surface area contributed by atoms with E-state index in [1.165, 1.54) is 5.56 Å². The number of unbranched alkanes of at least 4 members (excludes halogenated alkanes) is 1. The van der Waals surface area contributed by atoms with Gasteiger partial charge in [-0.05, 0) is 30.5 Å². The maximum absolute atomic E-state index is 5.63. The predicted molar refractivity (Wildman–Crippen MR) is 96.4 cm³/mol. The molecule has 0 aliphatic rings. The average Bonchev–Trinajstić information content (AvgIpc) is 2.45. The summed E-state index contributed by atoms with van der Waals surface area (Å²) in [5.74, 6) is 1.77. The zero-order valence-electron chi connectivity index (χ0n) is 12.6. The molecule has 1 rings (SSSR count). The van der Waals surface area contributed by atoms with Crippen LogP contribution in [0.25, 0.3) is 0 Å². The van der Waals surface area contributed by atoms with E-state index in [1.54, 1.807) is 7.05 Å². The zero-order valence-corrected chi connectivity index (χ0v) is 14.9. The number of aliphatic imine (C=N–C) groups is 1. The third-order valence-electron chi connectivity index (χ3n) is 2.86. The first-order chi connectivity index (χ1) is 9.30. The molecular weight excluding hydrogens is 365 g/mol. The molecular formula is C15H26IN3O. The number of benzene rings is 1. The second-order valence-electron chi connectivity index (χ2n) is 4.34. The van der Waals surface area contributed by atoms with E-state index in [4.69, 9.17) is 4.74 Å². The molecule has 0 saturated heterocycles. The largest absolute Gasteiger partial charge is 0.494 e. The van der Waals surface area contributed by atoms with Crippen molar-refractivity contribution in [2.24, 2.45) is 4.99 Å². The lowest BCUT2D eigenvalue weighted by Crippen LogP contribution is -2.35. The number of nitrogens with one attached hydrogen (secondary N) is 2. The van der Waals surface area contributed by atoms with Gasteiger partial charge in [0.15, 0.2) is 5.96 Å². The smallest absolute Gasteiger partial charge is 0.190 e. The summed E-state index contributed by atoms with van der Waals surface area (Å²) in [6.45, 7) is 3.83. The van der Waals surface area contributed by atoms with Crippen molar-refractivity contribution in [3.8, 4) is 5.75 Å². The third kappa shape index (κ3) is 7.57. The SMILES string of the molecule is CCCCOc1ccc(CCNC(=NC)NC)cc1.I. The van der Waals surface area contributed by atoms with Crippen molar-refractivity contribution in [3.05, 3.63) is 29.8 Å². The first kappa shape index (κ1) is 19.0. The molecule has 2 N–H and O–H groups in total. The van der Waals surface area contributed by atoms with Gasteiger partial charge in [0.2, 0.25) is 0 Å². The van der Waals surface area contributed by atoms with Crippen molar-refractivity contribution in [1.29, 1.82) is 0 Å². The Bertz CT molecular complexity index is 379. The molecule has 0 aliphatic carbocycles. The van der Waals surface area contributed by atoms with Gasteiger partial charge in [-0.2, -0.15) is 0 Å². The molecule has 1 aromatic rings. The molecule has 0 aliphatic heterocycles. The van der Waals surface area contributed by atoms with Crippen LogP contribution in [0.3, 0.4) is 0 Å². The average molecular weight is 391 g/mol. The molecule has 0 atom stereocenters. The van der Waals surface area contributed by atoms with E-state index in [0.717, 1.165) is 44.1 Å². The lowest BCUT2D eigenvalue weighted by Gasteiger charge is -2.09. The normalized spacial score (nSPS) is 10.7. The molecule has 5 heteroatoms. The second kappa shape index (κ2) is 11.8. The fraction of sp³-hybridized carbons (Fsp3) is 0.533. The molecule has 0 bridgehead atoms. The van der Waals surface area contributed by atoms with Crippen LogP contribution in [-0.2, 0) is 6.42 Å². The molecule has 114 valence electrons. The Balaban J connectivity index is 0.00000361. The highest BCUT2D eigenvalue weighted by Gasteiger charge is 1.97. The monoisotopic (exact) mass is 391 g/mol. The first-order valence-corrected chi connectivity index (χ1v) is 6.90. The van der Waals surface area contributed by atoms with E-state index < -0.39 is 0 Å². The number of nitrogens with zero attached hydrogens (tertiary/aromatic N) is 1. The fourth-order valence-corrected chi connectivity index (χ4v) is 1.69. The Morgan fingerprint density at radius 3 is 2.50 bits per heavy atom. The number of halogens is 1. The van der Waals surface area contributed by atoms with E-state index in [9.17, 15) is 0 Å². The topological polar surface area (TPSA) is 45.6 Å². The molecule has 0 fully saturated rings. The molecule has 20 heavy (non-hydrogen) atoms. The van der Waals surface area contributed by atoms with Gasteiger partial charge in [-0.15, -0.1) is 24.0 Å². The minimum atomic E-state index is 0. The van der Waals surface area contributed by atoms with Gasteiger partial charge in [0, 0.05) is 20.6 Å². The molecule has 0 spiro atoms. The van der Waals surface area contributed by atoms with Crippen LogP contribution >= 0.6 is 24.0 Å². The summed E-state index contributed by atoms with van der Waals surface area (Å²) in [7, 11) is 3.62. The van der Waals surface area contributed by atoms with Crippen molar-refractivity contribution >= 4 is 29.9 Å². The van der Waals surface area contributed by atoms with Gasteiger partial charge in [-0.1, -0.05) is 25.5 Å². The quantitative estimate of drug-likeness (QED) is 0.325. The van der Waals surface area contributed by atoms with Crippen LogP contribution < -0.4 is 15.4 Å². The molecule has 0 radical (unpaired) electrons. The van der Waals surface area contributed by atoms with E-state index in [0.29, 0.717) is 0 Å². The molecule has 0 unspecified atom stereocenters. The number of guanidine groups is 1. The van der Waals surface area contributed by atoms with Crippen molar-refractivity contribution in [3.63, 3.8) is 0 Å². The minimum Gasteiger partial charge on any atom is -0.494 e. The predicted octanol–water partition coefficient (Wildman–Crippen LogP) is 2.82. The Hall–Kier alpha value is -0.980. The van der Waals surface area contributed by atoms with Crippen LogP contribution in [0.4, 0.5) is 0 Å². The highest BCUT2D eigenvalue weighted by Crippen LogP contribution is 2.12. The summed E-state index contributed by atoms with van der Waals surface area (Å²) in [6.07, 6.45) is 3.24. The van der Waals surface area contributed by atoms with Crippen LogP contribution in [0.2, 0.25) is 0 Å². The maximum atomic E-state index is 5.63. The van der Waals surface area contributed by atoms with Crippen LogP contribution in [0, 0.1) is 0 Å². The lowest BCUT2D eigenvalue weighted by atomic mass is 10.1. The van der Waals surface area contributed by atoms with E-state index in [1.807, 2.05) is 19.2 Å². The van der Waals surface area contributed by atoms with Gasteiger partial charge < -0.3 is 15.4 Å². The maximum Gasteiger partial charge on any atom is 0.190 e. The molecule has 0 heterocycles. The van der Waals surface area contributed by atoms with Gasteiger partial charge >= 0.3 is 0 Å². The molecule has 0 aromatic heterocycles. The van der Waals surface area contributed by atoms with Crippen LogP contribution in [0.15, 0.2) is 29.3 Å². The van der Waals surface area contributed by atoms with Gasteiger partial charge in [0.05, 0.1) is 6.61 Å². The van der Waals surface area contributed by atoms with Crippen molar-refractivity contribution < 1.29 is 4.74 Å². The van der Waals surface area contributed by atoms with Gasteiger partial charge in [-0.25, -0.2) is 0 Å². The van der Waals surface area contributed by atoms with E-state index >= 15 is 0 Å². The van der Waals surface area contributed by atoms with Crippen molar-refractivity contribution in [2.45, 2.75) is 26.2 Å². The van der Waals surface area contributed by atoms with Gasteiger partial charge in [-0.3, -0.25) is 4.99 Å². The summed E-state index contributed by atoms with van der Waals surface area (Å²) in [5.41, 5.74) is 1.29. The molecule has 0 saturated carbocycles. The van der Waals surface area contributed by atoms with Crippen molar-refractivity contribution in [1.82, 2.24) is 10.6 Å². The number of ether oxygens (including phenoxy) is 1. The van der Waals surface area contributed by atoms with E-state index in [2.05, 4.69) is 34.7 Å². The Morgan fingerprint density at radius 1 is 1.25 bits per heavy atom. The zero-order chi connectivity index (χ0) is 13.9. The third-order valence-corrected chi connectivity index (χ3v) is 2.86. The van der Waals surface area contributed by atoms with Crippen LogP contribution in [0.1, 0.15) is 25.3 Å². The van der Waals surface area contributed by atoms with Gasteiger partial charge in [0.1, 0.15) is 5.75 Å². The summed E-state index contributed by atoms with van der Waals surface area (Å²) in [5, 5.41) is 6.23. The Labute approximate surface area is 139 Å². The summed E-state index contributed by atoms with van der Waals surface area (Å²) < 4.78 is 5.63. The highest BCUT2D eigenvalue weighted by molar-refractivity contribution is 14.0. The second-order valence-corrected chi connectivity index (χ2v) is 4.34. The minimum absolute atomic E-state index is 0.